The van der Waals surface area contributed by atoms with Crippen LogP contribution in [0.2, 0.25) is 0 Å². The van der Waals surface area contributed by atoms with Crippen molar-refractivity contribution in [3.05, 3.63) is 18.2 Å². The van der Waals surface area contributed by atoms with Crippen molar-refractivity contribution >= 4 is 24.0 Å². The highest BCUT2D eigenvalue weighted by atomic mass is 35.5. The summed E-state index contributed by atoms with van der Waals surface area (Å²) in [6.45, 7) is 0. The highest BCUT2D eigenvalue weighted by molar-refractivity contribution is 5.98. The summed E-state index contributed by atoms with van der Waals surface area (Å²) >= 11 is 0. The monoisotopic (exact) mass is 286 g/mol. The lowest BCUT2D eigenvalue weighted by Gasteiger charge is -2.36. The topological polar surface area (TPSA) is 73.6 Å². The van der Waals surface area contributed by atoms with Gasteiger partial charge in [0.2, 0.25) is 5.91 Å². The van der Waals surface area contributed by atoms with E-state index in [9.17, 15) is 4.79 Å². The smallest absolute Gasteiger partial charge is 0.244 e. The number of nitrogens with one attached hydrogen (secondary N) is 1. The molecule has 0 saturated heterocycles. The van der Waals surface area contributed by atoms with E-state index in [2.05, 4.69) is 5.32 Å². The van der Waals surface area contributed by atoms with Crippen molar-refractivity contribution in [1.29, 1.82) is 0 Å². The molecule has 1 amide bonds. The van der Waals surface area contributed by atoms with Gasteiger partial charge in [-0.05, 0) is 31.4 Å². The van der Waals surface area contributed by atoms with E-state index >= 15 is 0 Å². The third-order valence-corrected chi connectivity index (χ3v) is 3.34. The summed E-state index contributed by atoms with van der Waals surface area (Å²) in [5.74, 6) is 1.07. The molecule has 1 saturated carbocycles. The van der Waals surface area contributed by atoms with Gasteiger partial charge in [-0.2, -0.15) is 0 Å². The number of hydrogen-bond donors (Lipinski definition) is 2. The average molecular weight is 287 g/mol. The second kappa shape index (κ2) is 6.12. The van der Waals surface area contributed by atoms with Crippen molar-refractivity contribution in [3.63, 3.8) is 0 Å². The fourth-order valence-corrected chi connectivity index (χ4v) is 1.95. The third-order valence-electron chi connectivity index (χ3n) is 3.34. The molecular formula is C13H19ClN2O3. The number of rotatable bonds is 4. The Kier molecular flexibility index (Phi) is 5.03. The summed E-state index contributed by atoms with van der Waals surface area (Å²) in [6, 6.07) is 5.23. The summed E-state index contributed by atoms with van der Waals surface area (Å²) in [6.07, 6.45) is 2.49. The predicted octanol–water partition coefficient (Wildman–Crippen LogP) is 1.95. The highest BCUT2D eigenvalue weighted by Crippen LogP contribution is 2.33. The quantitative estimate of drug-likeness (QED) is 0.887. The minimum Gasteiger partial charge on any atom is -0.493 e. The zero-order valence-corrected chi connectivity index (χ0v) is 11.9. The van der Waals surface area contributed by atoms with Crippen LogP contribution in [0.1, 0.15) is 19.3 Å². The zero-order valence-electron chi connectivity index (χ0n) is 11.1. The van der Waals surface area contributed by atoms with Crippen molar-refractivity contribution < 1.29 is 14.3 Å². The van der Waals surface area contributed by atoms with Crippen LogP contribution in [0.4, 0.5) is 5.69 Å². The number of carbonyl (C=O) groups is 1. The van der Waals surface area contributed by atoms with E-state index in [0.717, 1.165) is 19.3 Å². The van der Waals surface area contributed by atoms with Crippen LogP contribution in [0.3, 0.4) is 0 Å². The molecule has 0 unspecified atom stereocenters. The molecule has 0 heterocycles. The molecule has 1 aliphatic rings. The van der Waals surface area contributed by atoms with E-state index in [1.165, 1.54) is 0 Å². The van der Waals surface area contributed by atoms with Gasteiger partial charge in [0, 0.05) is 11.8 Å². The molecule has 5 nitrogen and oxygen atoms in total. The average Bonchev–Trinajstić information content (AvgIpc) is 2.35. The Bertz CT molecular complexity index is 461. The molecule has 3 N–H and O–H groups in total. The number of halogens is 1. The number of ether oxygens (including phenoxy) is 2. The fraction of sp³-hybridized carbons (Fsp3) is 0.462. The summed E-state index contributed by atoms with van der Waals surface area (Å²) in [4.78, 5) is 12.0. The maximum Gasteiger partial charge on any atom is 0.244 e. The lowest BCUT2D eigenvalue weighted by Crippen LogP contribution is -2.56. The van der Waals surface area contributed by atoms with E-state index in [1.54, 1.807) is 32.4 Å². The fourth-order valence-electron chi connectivity index (χ4n) is 1.95. The number of nitrogens with two attached hydrogens (primary N) is 1. The van der Waals surface area contributed by atoms with Gasteiger partial charge in [0.05, 0.1) is 19.8 Å². The van der Waals surface area contributed by atoms with Crippen molar-refractivity contribution in [3.8, 4) is 11.5 Å². The van der Waals surface area contributed by atoms with Crippen molar-refractivity contribution in [2.75, 3.05) is 19.5 Å². The Labute approximate surface area is 118 Å². The Hall–Kier alpha value is -1.46. The van der Waals surface area contributed by atoms with Gasteiger partial charge in [0.15, 0.2) is 11.5 Å². The van der Waals surface area contributed by atoms with Gasteiger partial charge >= 0.3 is 0 Å². The molecule has 19 heavy (non-hydrogen) atoms. The molecule has 2 rings (SSSR count). The van der Waals surface area contributed by atoms with E-state index in [4.69, 9.17) is 15.2 Å². The van der Waals surface area contributed by atoms with Crippen LogP contribution >= 0.6 is 12.4 Å². The lowest BCUT2D eigenvalue weighted by atomic mass is 9.77. The molecular weight excluding hydrogens is 268 g/mol. The van der Waals surface area contributed by atoms with Gasteiger partial charge in [-0.15, -0.1) is 12.4 Å². The molecule has 1 aliphatic carbocycles. The van der Waals surface area contributed by atoms with Gasteiger partial charge in [-0.25, -0.2) is 0 Å². The molecule has 0 aliphatic heterocycles. The number of carbonyl (C=O) groups excluding carboxylic acids is 1. The molecule has 0 bridgehead atoms. The maximum absolute atomic E-state index is 12.0. The van der Waals surface area contributed by atoms with Gasteiger partial charge < -0.3 is 20.5 Å². The van der Waals surface area contributed by atoms with Gasteiger partial charge in [-0.3, -0.25) is 4.79 Å². The van der Waals surface area contributed by atoms with Crippen molar-refractivity contribution in [2.24, 2.45) is 5.73 Å². The van der Waals surface area contributed by atoms with Crippen LogP contribution in [-0.2, 0) is 4.79 Å². The summed E-state index contributed by atoms with van der Waals surface area (Å²) < 4.78 is 10.3. The SMILES string of the molecule is COc1ccc(NC(=O)C2(N)CCC2)cc1OC.Cl. The van der Waals surface area contributed by atoms with Crippen LogP contribution < -0.4 is 20.5 Å². The Balaban J connectivity index is 0.00000180. The molecule has 0 atom stereocenters. The standard InChI is InChI=1S/C13H18N2O3.ClH/c1-17-10-5-4-9(8-11(10)18-2)15-12(16)13(14)6-3-7-13;/h4-5,8H,3,6-7,14H2,1-2H3,(H,15,16);1H. The normalized spacial score (nSPS) is 15.7. The van der Waals surface area contributed by atoms with E-state index < -0.39 is 5.54 Å². The van der Waals surface area contributed by atoms with Crippen molar-refractivity contribution in [2.45, 2.75) is 24.8 Å². The first-order chi connectivity index (χ1) is 8.59. The number of hydrogen-bond acceptors (Lipinski definition) is 4. The molecule has 1 aromatic carbocycles. The minimum absolute atomic E-state index is 0. The molecule has 1 fully saturated rings. The summed E-state index contributed by atoms with van der Waals surface area (Å²) in [7, 11) is 3.12. The van der Waals surface area contributed by atoms with Gasteiger partial charge in [-0.1, -0.05) is 0 Å². The van der Waals surface area contributed by atoms with Crippen LogP contribution in [0.15, 0.2) is 18.2 Å². The Morgan fingerprint density at radius 2 is 1.89 bits per heavy atom. The number of benzene rings is 1. The maximum atomic E-state index is 12.0. The van der Waals surface area contributed by atoms with Gasteiger partial charge in [0.25, 0.3) is 0 Å². The molecule has 106 valence electrons. The second-order valence-corrected chi connectivity index (χ2v) is 4.53. The molecule has 6 heteroatoms. The Morgan fingerprint density at radius 3 is 2.37 bits per heavy atom. The molecule has 1 aromatic rings. The summed E-state index contributed by atoms with van der Waals surface area (Å²) in [5.41, 5.74) is 5.91. The second-order valence-electron chi connectivity index (χ2n) is 4.53. The van der Waals surface area contributed by atoms with Crippen molar-refractivity contribution in [1.82, 2.24) is 0 Å². The van der Waals surface area contributed by atoms with Crippen LogP contribution in [-0.4, -0.2) is 25.7 Å². The lowest BCUT2D eigenvalue weighted by molar-refractivity contribution is -0.123. The van der Waals surface area contributed by atoms with E-state index in [-0.39, 0.29) is 18.3 Å². The predicted molar refractivity (Wildman–Crippen MR) is 76.2 cm³/mol. The molecule has 0 spiro atoms. The van der Waals surface area contributed by atoms with Crippen LogP contribution in [0.5, 0.6) is 11.5 Å². The summed E-state index contributed by atoms with van der Waals surface area (Å²) in [5, 5.41) is 2.81. The minimum atomic E-state index is -0.701. The first-order valence-electron chi connectivity index (χ1n) is 5.91. The van der Waals surface area contributed by atoms with Crippen LogP contribution in [0.25, 0.3) is 0 Å². The van der Waals surface area contributed by atoms with E-state index in [1.807, 2.05) is 0 Å². The Morgan fingerprint density at radius 1 is 1.26 bits per heavy atom. The van der Waals surface area contributed by atoms with E-state index in [0.29, 0.717) is 17.2 Å². The molecule has 0 radical (unpaired) electrons. The first-order valence-corrected chi connectivity index (χ1v) is 5.91. The molecule has 0 aromatic heterocycles. The number of anilines is 1. The zero-order chi connectivity index (χ0) is 13.2. The van der Waals surface area contributed by atoms with Gasteiger partial charge in [0.1, 0.15) is 0 Å². The number of amides is 1. The third kappa shape index (κ3) is 3.11. The largest absolute Gasteiger partial charge is 0.493 e. The highest BCUT2D eigenvalue weighted by Gasteiger charge is 2.40. The number of methoxy groups -OCH3 is 2. The first kappa shape index (κ1) is 15.6. The van der Waals surface area contributed by atoms with Crippen LogP contribution in [0, 0.1) is 0 Å².